The number of carbonyl (C=O) groups excluding carboxylic acids is 1. The maximum atomic E-state index is 11.9. The van der Waals surface area contributed by atoms with Crippen molar-refractivity contribution in [3.63, 3.8) is 0 Å². The van der Waals surface area contributed by atoms with Gasteiger partial charge in [-0.2, -0.15) is 0 Å². The maximum absolute atomic E-state index is 11.9. The lowest BCUT2D eigenvalue weighted by atomic mass is 10.1. The molecule has 0 bridgehead atoms. The molecule has 1 aliphatic heterocycles. The summed E-state index contributed by atoms with van der Waals surface area (Å²) in [5, 5.41) is 2.58. The summed E-state index contributed by atoms with van der Waals surface area (Å²) in [6.07, 6.45) is 0.951. The Kier molecular flexibility index (Phi) is 3.00. The third-order valence-corrected chi connectivity index (χ3v) is 4.63. The second kappa shape index (κ2) is 4.65. The highest BCUT2D eigenvalue weighted by molar-refractivity contribution is 8.00. The molecule has 0 unspecified atom stereocenters. The standard InChI is InChI=1S/C15H15NOS/c1-16-9-8-14(15(16)17)18-13-7-6-11-4-2-3-5-12(11)10-13/h2-7,10,14H,8-9H2,1H3/t14-/m0/s1. The van der Waals surface area contributed by atoms with Crippen molar-refractivity contribution in [2.24, 2.45) is 0 Å². The minimum absolute atomic E-state index is 0.0937. The summed E-state index contributed by atoms with van der Waals surface area (Å²) >= 11 is 1.69. The fraction of sp³-hybridized carbons (Fsp3) is 0.267. The number of hydrogen-bond donors (Lipinski definition) is 0. The monoisotopic (exact) mass is 257 g/mol. The van der Waals surface area contributed by atoms with Gasteiger partial charge in [-0.1, -0.05) is 30.3 Å². The van der Waals surface area contributed by atoms with E-state index in [1.807, 2.05) is 24.1 Å². The Morgan fingerprint density at radius 2 is 1.94 bits per heavy atom. The van der Waals surface area contributed by atoms with Gasteiger partial charge in [0.1, 0.15) is 0 Å². The average Bonchev–Trinajstić information content (AvgIpc) is 2.71. The van der Waals surface area contributed by atoms with Crippen LogP contribution in [0, 0.1) is 0 Å². The first-order chi connectivity index (χ1) is 8.74. The van der Waals surface area contributed by atoms with Crippen molar-refractivity contribution in [3.8, 4) is 0 Å². The molecule has 0 aromatic heterocycles. The van der Waals surface area contributed by atoms with E-state index < -0.39 is 0 Å². The lowest BCUT2D eigenvalue weighted by molar-refractivity contribution is -0.126. The molecule has 92 valence electrons. The van der Waals surface area contributed by atoms with Gasteiger partial charge < -0.3 is 4.90 Å². The molecule has 3 rings (SSSR count). The van der Waals surface area contributed by atoms with Gasteiger partial charge in [0, 0.05) is 18.5 Å². The Labute approximate surface area is 111 Å². The van der Waals surface area contributed by atoms with Crippen LogP contribution in [0.25, 0.3) is 10.8 Å². The van der Waals surface area contributed by atoms with Crippen LogP contribution in [0.1, 0.15) is 6.42 Å². The number of carbonyl (C=O) groups is 1. The fourth-order valence-corrected chi connectivity index (χ4v) is 3.48. The minimum atomic E-state index is 0.0937. The zero-order valence-electron chi connectivity index (χ0n) is 10.3. The van der Waals surface area contributed by atoms with Crippen LogP contribution in [0.2, 0.25) is 0 Å². The van der Waals surface area contributed by atoms with Crippen LogP contribution >= 0.6 is 11.8 Å². The van der Waals surface area contributed by atoms with Crippen molar-refractivity contribution in [3.05, 3.63) is 42.5 Å². The number of fused-ring (bicyclic) bond motifs is 1. The molecule has 1 fully saturated rings. The Morgan fingerprint density at radius 1 is 1.17 bits per heavy atom. The zero-order valence-corrected chi connectivity index (χ0v) is 11.1. The van der Waals surface area contributed by atoms with Crippen LogP contribution in [0.3, 0.4) is 0 Å². The van der Waals surface area contributed by atoms with Crippen molar-refractivity contribution in [2.75, 3.05) is 13.6 Å². The molecule has 0 radical (unpaired) electrons. The van der Waals surface area contributed by atoms with E-state index in [1.165, 1.54) is 15.7 Å². The van der Waals surface area contributed by atoms with Crippen molar-refractivity contribution < 1.29 is 4.79 Å². The number of benzene rings is 2. The van der Waals surface area contributed by atoms with E-state index >= 15 is 0 Å². The SMILES string of the molecule is CN1CC[C@H](Sc2ccc3ccccc3c2)C1=O. The number of amides is 1. The van der Waals surface area contributed by atoms with Gasteiger partial charge in [-0.25, -0.2) is 0 Å². The molecule has 3 heteroatoms. The molecule has 1 heterocycles. The topological polar surface area (TPSA) is 20.3 Å². The predicted octanol–water partition coefficient (Wildman–Crippen LogP) is 3.16. The van der Waals surface area contributed by atoms with Crippen LogP contribution in [0.4, 0.5) is 0 Å². The first kappa shape index (κ1) is 11.6. The van der Waals surface area contributed by atoms with Gasteiger partial charge in [0.2, 0.25) is 5.91 Å². The molecule has 2 aromatic rings. The van der Waals surface area contributed by atoms with Crippen molar-refractivity contribution in [1.82, 2.24) is 4.90 Å². The van der Waals surface area contributed by atoms with Crippen LogP contribution < -0.4 is 0 Å². The Morgan fingerprint density at radius 3 is 2.67 bits per heavy atom. The predicted molar refractivity (Wildman–Crippen MR) is 75.8 cm³/mol. The minimum Gasteiger partial charge on any atom is -0.345 e. The highest BCUT2D eigenvalue weighted by Gasteiger charge is 2.29. The molecular formula is C15H15NOS. The van der Waals surface area contributed by atoms with E-state index in [2.05, 4.69) is 30.3 Å². The third-order valence-electron chi connectivity index (χ3n) is 3.38. The van der Waals surface area contributed by atoms with Gasteiger partial charge in [-0.3, -0.25) is 4.79 Å². The molecule has 1 atom stereocenters. The lowest BCUT2D eigenvalue weighted by Gasteiger charge is -2.10. The summed E-state index contributed by atoms with van der Waals surface area (Å²) in [5.41, 5.74) is 0. The maximum Gasteiger partial charge on any atom is 0.235 e. The van der Waals surface area contributed by atoms with E-state index in [-0.39, 0.29) is 11.2 Å². The Balaban J connectivity index is 1.85. The van der Waals surface area contributed by atoms with E-state index in [0.29, 0.717) is 0 Å². The number of hydrogen-bond acceptors (Lipinski definition) is 2. The van der Waals surface area contributed by atoms with Gasteiger partial charge >= 0.3 is 0 Å². The molecule has 0 saturated carbocycles. The second-order valence-electron chi connectivity index (χ2n) is 4.66. The molecule has 0 aliphatic carbocycles. The van der Waals surface area contributed by atoms with E-state index in [0.717, 1.165) is 13.0 Å². The average molecular weight is 257 g/mol. The third kappa shape index (κ3) is 2.10. The van der Waals surface area contributed by atoms with Crippen LogP contribution in [-0.2, 0) is 4.79 Å². The molecule has 1 saturated heterocycles. The van der Waals surface area contributed by atoms with E-state index in [9.17, 15) is 4.79 Å². The van der Waals surface area contributed by atoms with E-state index in [1.54, 1.807) is 11.8 Å². The van der Waals surface area contributed by atoms with E-state index in [4.69, 9.17) is 0 Å². The van der Waals surface area contributed by atoms with Crippen molar-refractivity contribution in [2.45, 2.75) is 16.6 Å². The summed E-state index contributed by atoms with van der Waals surface area (Å²) in [7, 11) is 1.88. The van der Waals surface area contributed by atoms with Crippen molar-refractivity contribution >= 4 is 28.4 Å². The smallest absolute Gasteiger partial charge is 0.235 e. The largest absolute Gasteiger partial charge is 0.345 e. The Bertz CT molecular complexity index is 596. The van der Waals surface area contributed by atoms with Crippen LogP contribution in [0.5, 0.6) is 0 Å². The lowest BCUT2D eigenvalue weighted by Crippen LogP contribution is -2.23. The van der Waals surface area contributed by atoms with Gasteiger partial charge in [0.15, 0.2) is 0 Å². The highest BCUT2D eigenvalue weighted by Crippen LogP contribution is 2.31. The highest BCUT2D eigenvalue weighted by atomic mass is 32.2. The molecule has 0 spiro atoms. The molecule has 1 aliphatic rings. The summed E-state index contributed by atoms with van der Waals surface area (Å²) in [6, 6.07) is 14.7. The fourth-order valence-electron chi connectivity index (χ4n) is 2.30. The Hall–Kier alpha value is -1.48. The molecule has 2 aromatic carbocycles. The molecule has 18 heavy (non-hydrogen) atoms. The van der Waals surface area contributed by atoms with Crippen LogP contribution in [0.15, 0.2) is 47.4 Å². The first-order valence-electron chi connectivity index (χ1n) is 6.14. The normalized spacial score (nSPS) is 19.7. The summed E-state index contributed by atoms with van der Waals surface area (Å²) in [4.78, 5) is 14.9. The molecule has 2 nitrogen and oxygen atoms in total. The molecule has 1 amide bonds. The van der Waals surface area contributed by atoms with Gasteiger partial charge in [0.05, 0.1) is 5.25 Å². The number of rotatable bonds is 2. The van der Waals surface area contributed by atoms with Gasteiger partial charge in [-0.05, 0) is 29.3 Å². The zero-order chi connectivity index (χ0) is 12.5. The quantitative estimate of drug-likeness (QED) is 0.823. The van der Waals surface area contributed by atoms with Crippen LogP contribution in [-0.4, -0.2) is 29.6 Å². The molecular weight excluding hydrogens is 242 g/mol. The number of thioether (sulfide) groups is 1. The van der Waals surface area contributed by atoms with Crippen molar-refractivity contribution in [1.29, 1.82) is 0 Å². The second-order valence-corrected chi connectivity index (χ2v) is 5.94. The van der Waals surface area contributed by atoms with Gasteiger partial charge in [-0.15, -0.1) is 11.8 Å². The summed E-state index contributed by atoms with van der Waals surface area (Å²) in [5.74, 6) is 0.258. The summed E-state index contributed by atoms with van der Waals surface area (Å²) < 4.78 is 0. The van der Waals surface area contributed by atoms with Gasteiger partial charge in [0.25, 0.3) is 0 Å². The number of likely N-dealkylation sites (tertiary alicyclic amines) is 1. The molecule has 0 N–H and O–H groups in total. The number of nitrogens with zero attached hydrogens (tertiary/aromatic N) is 1. The summed E-state index contributed by atoms with van der Waals surface area (Å²) in [6.45, 7) is 0.879. The first-order valence-corrected chi connectivity index (χ1v) is 7.02.